The van der Waals surface area contributed by atoms with Crippen LogP contribution in [0.1, 0.15) is 6.42 Å². The van der Waals surface area contributed by atoms with E-state index in [1.54, 1.807) is 0 Å². The molecule has 0 aromatic heterocycles. The van der Waals surface area contributed by atoms with Gasteiger partial charge in [0, 0.05) is 37.6 Å². The Kier molecular flexibility index (Phi) is 3.34. The van der Waals surface area contributed by atoms with E-state index < -0.39 is 0 Å². The van der Waals surface area contributed by atoms with Crippen LogP contribution in [0.4, 0.5) is 11.4 Å². The smallest absolute Gasteiger partial charge is 0.0368 e. The summed E-state index contributed by atoms with van der Waals surface area (Å²) in [6.45, 7) is 2.31. The highest BCUT2D eigenvalue weighted by Gasteiger charge is 2.23. The molecule has 1 aromatic rings. The van der Waals surface area contributed by atoms with E-state index in [9.17, 15) is 0 Å². The molecule has 1 unspecified atom stereocenters. The molecule has 0 amide bonds. The zero-order valence-electron chi connectivity index (χ0n) is 10.4. The molecule has 3 nitrogen and oxygen atoms in total. The van der Waals surface area contributed by atoms with Crippen LogP contribution >= 0.6 is 0 Å². The van der Waals surface area contributed by atoms with Gasteiger partial charge in [-0.05, 0) is 44.8 Å². The van der Waals surface area contributed by atoms with Crippen LogP contribution in [0.5, 0.6) is 0 Å². The first-order chi connectivity index (χ1) is 7.70. The summed E-state index contributed by atoms with van der Waals surface area (Å²) in [5.74, 6) is 0. The average Bonchev–Trinajstić information content (AvgIpc) is 2.78. The molecule has 0 aliphatic carbocycles. The predicted octanol–water partition coefficient (Wildman–Crippen LogP) is 1.87. The van der Waals surface area contributed by atoms with Crippen LogP contribution in [-0.4, -0.2) is 45.2 Å². The van der Waals surface area contributed by atoms with Gasteiger partial charge in [-0.1, -0.05) is 0 Å². The van der Waals surface area contributed by atoms with Crippen LogP contribution in [0.15, 0.2) is 24.3 Å². The summed E-state index contributed by atoms with van der Waals surface area (Å²) in [4.78, 5) is 4.78. The number of likely N-dealkylation sites (N-methyl/N-ethyl adjacent to an activating group) is 1. The molecule has 1 fully saturated rings. The third-order valence-electron chi connectivity index (χ3n) is 3.41. The number of rotatable bonds is 3. The fourth-order valence-corrected chi connectivity index (χ4v) is 2.24. The van der Waals surface area contributed by atoms with Gasteiger partial charge < -0.3 is 15.1 Å². The van der Waals surface area contributed by atoms with Crippen molar-refractivity contribution in [2.45, 2.75) is 12.5 Å². The van der Waals surface area contributed by atoms with Crippen LogP contribution in [-0.2, 0) is 0 Å². The molecule has 1 atom stereocenters. The second-order valence-electron chi connectivity index (χ2n) is 4.65. The molecule has 1 saturated heterocycles. The van der Waals surface area contributed by atoms with Crippen molar-refractivity contribution >= 4 is 11.4 Å². The zero-order chi connectivity index (χ0) is 11.5. The van der Waals surface area contributed by atoms with Gasteiger partial charge in [-0.3, -0.25) is 0 Å². The Morgan fingerprint density at radius 2 is 1.94 bits per heavy atom. The Labute approximate surface area is 98.0 Å². The lowest BCUT2D eigenvalue weighted by Gasteiger charge is -2.22. The van der Waals surface area contributed by atoms with E-state index in [0.717, 1.165) is 6.54 Å². The van der Waals surface area contributed by atoms with Crippen molar-refractivity contribution in [3.63, 3.8) is 0 Å². The molecule has 88 valence electrons. The first-order valence-electron chi connectivity index (χ1n) is 5.90. The monoisotopic (exact) mass is 219 g/mol. The van der Waals surface area contributed by atoms with Gasteiger partial charge in [-0.25, -0.2) is 0 Å². The molecule has 0 saturated carbocycles. The van der Waals surface area contributed by atoms with Crippen molar-refractivity contribution in [3.8, 4) is 0 Å². The van der Waals surface area contributed by atoms with E-state index in [2.05, 4.69) is 53.5 Å². The minimum Gasteiger partial charge on any atom is -0.388 e. The van der Waals surface area contributed by atoms with E-state index in [4.69, 9.17) is 0 Å². The maximum Gasteiger partial charge on any atom is 0.0368 e. The largest absolute Gasteiger partial charge is 0.388 e. The molecule has 0 radical (unpaired) electrons. The van der Waals surface area contributed by atoms with Gasteiger partial charge in [0.05, 0.1) is 0 Å². The van der Waals surface area contributed by atoms with Crippen molar-refractivity contribution in [1.29, 1.82) is 0 Å². The van der Waals surface area contributed by atoms with Gasteiger partial charge in [-0.15, -0.1) is 0 Å². The second kappa shape index (κ2) is 4.74. The molecule has 1 aliphatic rings. The molecular formula is C13H21N3. The second-order valence-corrected chi connectivity index (χ2v) is 4.65. The Bertz CT molecular complexity index is 332. The molecule has 1 N–H and O–H groups in total. The molecule has 1 heterocycles. The Morgan fingerprint density at radius 3 is 2.44 bits per heavy atom. The van der Waals surface area contributed by atoms with Gasteiger partial charge in [0.1, 0.15) is 0 Å². The summed E-state index contributed by atoms with van der Waals surface area (Å²) in [6, 6.07) is 9.37. The zero-order valence-corrected chi connectivity index (χ0v) is 10.4. The van der Waals surface area contributed by atoms with Gasteiger partial charge in [0.2, 0.25) is 0 Å². The first kappa shape index (κ1) is 11.3. The van der Waals surface area contributed by atoms with E-state index in [0.29, 0.717) is 6.04 Å². The highest BCUT2D eigenvalue weighted by molar-refractivity contribution is 5.55. The molecule has 0 spiro atoms. The highest BCUT2D eigenvalue weighted by Crippen LogP contribution is 2.23. The molecular weight excluding hydrogens is 198 g/mol. The number of nitrogens with zero attached hydrogens (tertiary/aromatic N) is 2. The molecule has 1 aliphatic heterocycles. The van der Waals surface area contributed by atoms with E-state index in [-0.39, 0.29) is 0 Å². The Hall–Kier alpha value is -1.22. The number of nitrogens with one attached hydrogen (secondary N) is 1. The minimum atomic E-state index is 0.698. The topological polar surface area (TPSA) is 18.5 Å². The SMILES string of the molecule is CNc1ccc(N2CCC(N(C)C)C2)cc1. The van der Waals surface area contributed by atoms with E-state index in [1.807, 2.05) is 7.05 Å². The molecule has 1 aromatic carbocycles. The van der Waals surface area contributed by atoms with Crippen molar-refractivity contribution in [3.05, 3.63) is 24.3 Å². The van der Waals surface area contributed by atoms with Crippen molar-refractivity contribution in [1.82, 2.24) is 4.90 Å². The standard InChI is InChI=1S/C13H21N3/c1-14-11-4-6-12(7-5-11)16-9-8-13(10-16)15(2)3/h4-7,13-14H,8-10H2,1-3H3. The third kappa shape index (κ3) is 2.30. The third-order valence-corrected chi connectivity index (χ3v) is 3.41. The molecule has 2 rings (SSSR count). The maximum absolute atomic E-state index is 3.15. The number of anilines is 2. The van der Waals surface area contributed by atoms with Crippen molar-refractivity contribution < 1.29 is 0 Å². The van der Waals surface area contributed by atoms with Crippen LogP contribution in [0.2, 0.25) is 0 Å². The lowest BCUT2D eigenvalue weighted by Crippen LogP contribution is -2.31. The van der Waals surface area contributed by atoms with Gasteiger partial charge in [-0.2, -0.15) is 0 Å². The summed E-state index contributed by atoms with van der Waals surface area (Å²) >= 11 is 0. The molecule has 16 heavy (non-hydrogen) atoms. The van der Waals surface area contributed by atoms with Crippen LogP contribution in [0.25, 0.3) is 0 Å². The summed E-state index contributed by atoms with van der Waals surface area (Å²) in [7, 11) is 6.28. The van der Waals surface area contributed by atoms with Crippen LogP contribution in [0, 0.1) is 0 Å². The predicted molar refractivity (Wildman–Crippen MR) is 70.3 cm³/mol. The lowest BCUT2D eigenvalue weighted by atomic mass is 10.2. The van der Waals surface area contributed by atoms with Gasteiger partial charge in [0.15, 0.2) is 0 Å². The normalized spacial score (nSPS) is 20.5. The summed E-state index contributed by atoms with van der Waals surface area (Å²) in [5, 5.41) is 3.15. The van der Waals surface area contributed by atoms with Crippen molar-refractivity contribution in [2.75, 3.05) is 44.4 Å². The van der Waals surface area contributed by atoms with E-state index in [1.165, 1.54) is 24.3 Å². The lowest BCUT2D eigenvalue weighted by molar-refractivity contribution is 0.315. The van der Waals surface area contributed by atoms with Gasteiger partial charge >= 0.3 is 0 Å². The fourth-order valence-electron chi connectivity index (χ4n) is 2.24. The molecule has 3 heteroatoms. The Morgan fingerprint density at radius 1 is 1.25 bits per heavy atom. The highest BCUT2D eigenvalue weighted by atomic mass is 15.2. The van der Waals surface area contributed by atoms with Crippen LogP contribution in [0.3, 0.4) is 0 Å². The minimum absolute atomic E-state index is 0.698. The maximum atomic E-state index is 3.15. The summed E-state index contributed by atoms with van der Waals surface area (Å²) in [6.07, 6.45) is 1.26. The van der Waals surface area contributed by atoms with E-state index >= 15 is 0 Å². The number of benzene rings is 1. The number of hydrogen-bond donors (Lipinski definition) is 1. The number of hydrogen-bond acceptors (Lipinski definition) is 3. The summed E-state index contributed by atoms with van der Waals surface area (Å²) in [5.41, 5.74) is 2.51. The summed E-state index contributed by atoms with van der Waals surface area (Å²) < 4.78 is 0. The van der Waals surface area contributed by atoms with Crippen LogP contribution < -0.4 is 10.2 Å². The molecule has 0 bridgehead atoms. The first-order valence-corrected chi connectivity index (χ1v) is 5.90. The Balaban J connectivity index is 2.03. The van der Waals surface area contributed by atoms with Crippen molar-refractivity contribution in [2.24, 2.45) is 0 Å². The van der Waals surface area contributed by atoms with Gasteiger partial charge in [0.25, 0.3) is 0 Å². The quantitative estimate of drug-likeness (QED) is 0.837. The average molecular weight is 219 g/mol. The fraction of sp³-hybridized carbons (Fsp3) is 0.538.